The minimum absolute atomic E-state index is 0.142. The van der Waals surface area contributed by atoms with Gasteiger partial charge in [0.1, 0.15) is 5.69 Å². The van der Waals surface area contributed by atoms with Gasteiger partial charge in [-0.25, -0.2) is 4.79 Å². The lowest BCUT2D eigenvalue weighted by atomic mass is 10.1. The van der Waals surface area contributed by atoms with Gasteiger partial charge in [-0.1, -0.05) is 41.6 Å². The Hall–Kier alpha value is -3.99. The smallest absolute Gasteiger partial charge is 0.301 e. The molecule has 0 radical (unpaired) electrons. The third-order valence-corrected chi connectivity index (χ3v) is 5.07. The van der Waals surface area contributed by atoms with E-state index in [0.29, 0.717) is 10.5 Å². The van der Waals surface area contributed by atoms with E-state index < -0.39 is 26.8 Å². The van der Waals surface area contributed by atoms with Gasteiger partial charge in [0.15, 0.2) is 0 Å². The molecule has 11 heteroatoms. The Bertz CT molecular complexity index is 1280. The first kappa shape index (κ1) is 20.7. The van der Waals surface area contributed by atoms with Crippen LogP contribution in [0.5, 0.6) is 0 Å². The minimum Gasteiger partial charge on any atom is -0.301 e. The zero-order chi connectivity index (χ0) is 21.8. The van der Waals surface area contributed by atoms with Gasteiger partial charge < -0.3 is 4.98 Å². The number of aromatic amines is 2. The van der Waals surface area contributed by atoms with Crippen molar-refractivity contribution in [1.82, 2.24) is 9.97 Å². The number of nitro groups is 2. The van der Waals surface area contributed by atoms with Gasteiger partial charge in [0, 0.05) is 11.0 Å². The Balaban J connectivity index is 1.97. The minimum atomic E-state index is -1.14. The fraction of sp³-hybridized carbons (Fsp3) is 0.0526. The Labute approximate surface area is 172 Å². The number of nitro benzene ring substituents is 1. The first-order chi connectivity index (χ1) is 14.2. The molecule has 0 aliphatic rings. The van der Waals surface area contributed by atoms with Crippen LogP contribution in [0.4, 0.5) is 11.4 Å². The second-order valence-electron chi connectivity index (χ2n) is 6.16. The van der Waals surface area contributed by atoms with Gasteiger partial charge in [0.05, 0.1) is 14.7 Å². The van der Waals surface area contributed by atoms with Crippen molar-refractivity contribution in [2.24, 2.45) is 0 Å². The van der Waals surface area contributed by atoms with E-state index in [4.69, 9.17) is 0 Å². The molecule has 0 amide bonds. The summed E-state index contributed by atoms with van der Waals surface area (Å²) in [5.74, 6) is 0. The number of nitrogens with zero attached hydrogens (tertiary/aromatic N) is 2. The van der Waals surface area contributed by atoms with E-state index in [1.54, 1.807) is 17.1 Å². The summed E-state index contributed by atoms with van der Waals surface area (Å²) in [6.07, 6.45) is 2.49. The highest BCUT2D eigenvalue weighted by atomic mass is 32.2. The number of aryl methyl sites for hydroxylation is 1. The molecule has 0 bridgehead atoms. The lowest BCUT2D eigenvalue weighted by Crippen LogP contribution is -2.25. The summed E-state index contributed by atoms with van der Waals surface area (Å²) in [4.78, 5) is 49.5. The van der Waals surface area contributed by atoms with Crippen LogP contribution in [0.3, 0.4) is 0 Å². The van der Waals surface area contributed by atoms with Crippen molar-refractivity contribution in [3.8, 4) is 0 Å². The molecule has 0 aliphatic carbocycles. The predicted octanol–water partition coefficient (Wildman–Crippen LogP) is 3.51. The van der Waals surface area contributed by atoms with Crippen LogP contribution in [-0.2, 0) is 0 Å². The summed E-state index contributed by atoms with van der Waals surface area (Å²) in [5.41, 5.74) is -1.88. The van der Waals surface area contributed by atoms with E-state index in [0.717, 1.165) is 16.5 Å². The number of aromatic nitrogens is 2. The highest BCUT2D eigenvalue weighted by Crippen LogP contribution is 2.35. The lowest BCUT2D eigenvalue weighted by molar-refractivity contribution is -0.387. The summed E-state index contributed by atoms with van der Waals surface area (Å²) < 4.78 is 0. The van der Waals surface area contributed by atoms with Crippen molar-refractivity contribution in [2.45, 2.75) is 16.7 Å². The van der Waals surface area contributed by atoms with Crippen LogP contribution in [0.2, 0.25) is 0 Å². The second kappa shape index (κ2) is 8.57. The first-order valence-electron chi connectivity index (χ1n) is 8.46. The van der Waals surface area contributed by atoms with E-state index in [-0.39, 0.29) is 11.4 Å². The summed E-state index contributed by atoms with van der Waals surface area (Å²) in [6, 6.07) is 12.0. The Morgan fingerprint density at radius 1 is 0.933 bits per heavy atom. The molecule has 0 atom stereocenters. The van der Waals surface area contributed by atoms with Crippen molar-refractivity contribution in [3.05, 3.63) is 100 Å². The SMILES string of the molecule is Cc1ccc(Sc2ccc(/C=C/c3[nH]c(=O)[nH]c(=O)c3[N+](=O)[O-])cc2[N+](=O)[O-])cc1. The monoisotopic (exact) mass is 426 g/mol. The highest BCUT2D eigenvalue weighted by Gasteiger charge is 2.19. The normalized spacial score (nSPS) is 11.0. The van der Waals surface area contributed by atoms with E-state index in [2.05, 4.69) is 4.98 Å². The molecular weight excluding hydrogens is 412 g/mol. The van der Waals surface area contributed by atoms with Crippen LogP contribution in [0.25, 0.3) is 12.2 Å². The second-order valence-corrected chi connectivity index (χ2v) is 7.28. The molecule has 0 saturated carbocycles. The average molecular weight is 426 g/mol. The molecule has 0 fully saturated rings. The fourth-order valence-electron chi connectivity index (χ4n) is 2.58. The van der Waals surface area contributed by atoms with Gasteiger partial charge >= 0.3 is 16.9 Å². The van der Waals surface area contributed by atoms with Crippen LogP contribution in [0.1, 0.15) is 16.8 Å². The molecule has 30 heavy (non-hydrogen) atoms. The summed E-state index contributed by atoms with van der Waals surface area (Å²) in [7, 11) is 0. The molecule has 3 aromatic rings. The van der Waals surface area contributed by atoms with Crippen LogP contribution >= 0.6 is 11.8 Å². The van der Waals surface area contributed by atoms with E-state index >= 15 is 0 Å². The van der Waals surface area contributed by atoms with Crippen LogP contribution in [0.15, 0.2) is 61.8 Å². The highest BCUT2D eigenvalue weighted by molar-refractivity contribution is 7.99. The Morgan fingerprint density at radius 2 is 1.63 bits per heavy atom. The van der Waals surface area contributed by atoms with Crippen molar-refractivity contribution in [3.63, 3.8) is 0 Å². The van der Waals surface area contributed by atoms with Crippen LogP contribution in [0, 0.1) is 27.2 Å². The van der Waals surface area contributed by atoms with Crippen molar-refractivity contribution in [2.75, 3.05) is 0 Å². The van der Waals surface area contributed by atoms with Gasteiger partial charge in [-0.05, 0) is 36.8 Å². The topological polar surface area (TPSA) is 152 Å². The molecule has 1 aromatic heterocycles. The zero-order valence-corrected chi connectivity index (χ0v) is 16.3. The molecule has 10 nitrogen and oxygen atoms in total. The molecule has 0 spiro atoms. The molecule has 0 saturated heterocycles. The maximum Gasteiger partial charge on any atom is 0.357 e. The molecule has 2 N–H and O–H groups in total. The summed E-state index contributed by atoms with van der Waals surface area (Å²) in [6.45, 7) is 1.94. The lowest BCUT2D eigenvalue weighted by Gasteiger charge is -2.05. The quantitative estimate of drug-likeness (QED) is 0.452. The summed E-state index contributed by atoms with van der Waals surface area (Å²) >= 11 is 1.24. The van der Waals surface area contributed by atoms with E-state index in [9.17, 15) is 29.8 Å². The maximum atomic E-state index is 11.7. The molecule has 0 aliphatic heterocycles. The fourth-order valence-corrected chi connectivity index (χ4v) is 3.48. The van der Waals surface area contributed by atoms with Gasteiger partial charge in [0.2, 0.25) is 0 Å². The van der Waals surface area contributed by atoms with Crippen LogP contribution < -0.4 is 11.2 Å². The largest absolute Gasteiger partial charge is 0.357 e. The molecular formula is C19H14N4O6S. The van der Waals surface area contributed by atoms with Crippen molar-refractivity contribution >= 4 is 35.3 Å². The zero-order valence-electron chi connectivity index (χ0n) is 15.4. The maximum absolute atomic E-state index is 11.7. The van der Waals surface area contributed by atoms with Gasteiger partial charge in [-0.2, -0.15) is 0 Å². The van der Waals surface area contributed by atoms with Gasteiger partial charge in [-0.3, -0.25) is 30.0 Å². The van der Waals surface area contributed by atoms with Gasteiger partial charge in [0.25, 0.3) is 5.69 Å². The van der Waals surface area contributed by atoms with E-state index in [1.807, 2.05) is 31.2 Å². The number of rotatable bonds is 6. The third kappa shape index (κ3) is 4.70. The Kier molecular flexibility index (Phi) is 5.93. The molecule has 3 rings (SSSR count). The van der Waals surface area contributed by atoms with E-state index in [1.165, 1.54) is 23.9 Å². The number of H-pyrrole nitrogens is 2. The van der Waals surface area contributed by atoms with Crippen molar-refractivity contribution < 1.29 is 9.85 Å². The van der Waals surface area contributed by atoms with Crippen molar-refractivity contribution in [1.29, 1.82) is 0 Å². The first-order valence-corrected chi connectivity index (χ1v) is 9.28. The Morgan fingerprint density at radius 3 is 2.27 bits per heavy atom. The number of hydrogen-bond donors (Lipinski definition) is 2. The van der Waals surface area contributed by atoms with Gasteiger partial charge in [-0.15, -0.1) is 0 Å². The number of hydrogen-bond acceptors (Lipinski definition) is 7. The molecule has 2 aromatic carbocycles. The third-order valence-electron chi connectivity index (χ3n) is 4.00. The standard InChI is InChI=1S/C19H14N4O6S/c1-11-2-6-13(7-3-11)30-16-9-5-12(10-15(16)22(26)27)4-8-14-17(23(28)29)18(24)21-19(25)20-14/h2-10H,1H3,(H2,20,21,24,25)/b8-4+. The number of nitrogens with one attached hydrogen (secondary N) is 2. The number of benzene rings is 2. The summed E-state index contributed by atoms with van der Waals surface area (Å²) in [5, 5.41) is 22.6. The average Bonchev–Trinajstić information content (AvgIpc) is 2.67. The molecule has 1 heterocycles. The predicted molar refractivity (Wildman–Crippen MR) is 112 cm³/mol. The molecule has 0 unspecified atom stereocenters. The van der Waals surface area contributed by atoms with Crippen LogP contribution in [-0.4, -0.2) is 19.8 Å². The molecule has 152 valence electrons.